The van der Waals surface area contributed by atoms with Crippen molar-refractivity contribution in [1.29, 1.82) is 0 Å². The summed E-state index contributed by atoms with van der Waals surface area (Å²) < 4.78 is 0. The van der Waals surface area contributed by atoms with Crippen molar-refractivity contribution >= 4 is 23.1 Å². The summed E-state index contributed by atoms with van der Waals surface area (Å²) in [5.74, 6) is 2.32. The molecule has 0 rings (SSSR count). The zero-order chi connectivity index (χ0) is 6.83. The summed E-state index contributed by atoms with van der Waals surface area (Å²) in [5.41, 5.74) is 0. The first-order valence-corrected chi connectivity index (χ1v) is 2.60. The molecule has 0 N–H and O–H groups in total. The van der Waals surface area contributed by atoms with Gasteiger partial charge in [0.2, 0.25) is 0 Å². The summed E-state index contributed by atoms with van der Waals surface area (Å²) in [6.45, 7) is 2.11. The predicted octanol–water partition coefficient (Wildman–Crippen LogP) is 1.59. The van der Waals surface area contributed by atoms with E-state index in [1.54, 1.807) is 0 Å². The van der Waals surface area contributed by atoms with Gasteiger partial charge in [0.15, 0.2) is 0 Å². The average molecular weight is 130 g/mol. The van der Waals surface area contributed by atoms with Crippen molar-refractivity contribution in [3.63, 3.8) is 0 Å². The minimum absolute atomic E-state index is 0. The Morgan fingerprint density at radius 1 is 1.44 bits per heavy atom. The molecule has 9 heavy (non-hydrogen) atoms. The Labute approximate surface area is 74.6 Å². The fraction of sp³-hybridized carbons (Fsp3) is 0.500. The van der Waals surface area contributed by atoms with Gasteiger partial charge < -0.3 is 25.2 Å². The Kier molecular flexibility index (Phi) is 43.9. The zero-order valence-electron chi connectivity index (χ0n) is 5.91. The number of hydrogen-bond donors (Lipinski definition) is 0. The Hall–Kier alpha value is -0.114. The van der Waals surface area contributed by atoms with Gasteiger partial charge in [-0.15, -0.1) is 0 Å². The van der Waals surface area contributed by atoms with E-state index < -0.39 is 0 Å². The summed E-state index contributed by atoms with van der Waals surface area (Å²) in [6.07, 6.45) is 18.6. The number of unbranched alkanes of at least 4 members (excludes halogenated alkanes) is 2. The average Bonchev–Trinajstić information content (AvgIpc) is 1.88. The minimum Gasteiger partial charge on any atom is -0.697 e. The second kappa shape index (κ2) is 24.8. The molecule has 0 fully saturated rings. The van der Waals surface area contributed by atoms with Crippen molar-refractivity contribution in [1.82, 2.24) is 0 Å². The van der Waals surface area contributed by atoms with Crippen LogP contribution in [-0.4, -0.2) is 23.1 Å². The first-order chi connectivity index (χ1) is 3.91. The third-order valence-corrected chi connectivity index (χ3v) is 0.655. The van der Waals surface area contributed by atoms with Crippen LogP contribution in [0.25, 0.3) is 0 Å². The fourth-order valence-corrected chi connectivity index (χ4v) is 0.265. The Morgan fingerprint density at radius 3 is 2.00 bits per heavy atom. The molecular formula is C8H10Mg. The normalized spacial score (nSPS) is 5.11. The van der Waals surface area contributed by atoms with Crippen LogP contribution < -0.4 is 0 Å². The Balaban J connectivity index is -0.000000109. The number of rotatable bonds is 2. The van der Waals surface area contributed by atoms with Gasteiger partial charge in [-0.1, -0.05) is 13.3 Å². The molecule has 0 spiro atoms. The molecule has 0 aliphatic rings. The smallest absolute Gasteiger partial charge is 0.697 e. The first kappa shape index (κ1) is 16.0. The minimum atomic E-state index is 0. The standard InChI is InChI=1S/C6H9.C2H.Mg/c1-3-5-6-4-2;1-2;/h3,5-6H2,1H3;1H;/q2*-1;+2. The van der Waals surface area contributed by atoms with E-state index in [4.69, 9.17) is 12.8 Å². The van der Waals surface area contributed by atoms with E-state index in [9.17, 15) is 0 Å². The van der Waals surface area contributed by atoms with E-state index in [1.807, 2.05) is 0 Å². The molecule has 1 heteroatoms. The molecule has 0 aromatic heterocycles. The topological polar surface area (TPSA) is 0 Å². The molecule has 0 saturated heterocycles. The third kappa shape index (κ3) is 32.8. The summed E-state index contributed by atoms with van der Waals surface area (Å²) in [5, 5.41) is 0. The molecule has 0 nitrogen and oxygen atoms in total. The van der Waals surface area contributed by atoms with E-state index in [0.29, 0.717) is 0 Å². The van der Waals surface area contributed by atoms with Crippen molar-refractivity contribution < 1.29 is 0 Å². The van der Waals surface area contributed by atoms with Crippen LogP contribution in [0.15, 0.2) is 0 Å². The van der Waals surface area contributed by atoms with Gasteiger partial charge in [-0.2, -0.15) is 0 Å². The van der Waals surface area contributed by atoms with Crippen LogP contribution in [0.1, 0.15) is 26.2 Å². The van der Waals surface area contributed by atoms with E-state index in [2.05, 4.69) is 19.3 Å². The molecule has 0 aliphatic heterocycles. The zero-order valence-corrected chi connectivity index (χ0v) is 7.32. The first-order valence-electron chi connectivity index (χ1n) is 2.60. The van der Waals surface area contributed by atoms with Crippen LogP contribution in [0.3, 0.4) is 0 Å². The second-order valence-electron chi connectivity index (χ2n) is 1.28. The molecule has 0 amide bonds. The molecule has 0 saturated carbocycles. The molecule has 0 atom stereocenters. The quantitative estimate of drug-likeness (QED) is 0.231. The molecule has 0 radical (unpaired) electrons. The van der Waals surface area contributed by atoms with Crippen molar-refractivity contribution in [3.8, 4) is 12.3 Å². The van der Waals surface area contributed by atoms with Gasteiger partial charge in [-0.05, 0) is 12.8 Å². The monoisotopic (exact) mass is 130 g/mol. The number of terminal acetylenes is 1. The van der Waals surface area contributed by atoms with Crippen molar-refractivity contribution in [2.45, 2.75) is 26.2 Å². The van der Waals surface area contributed by atoms with Crippen LogP contribution in [-0.2, 0) is 0 Å². The van der Waals surface area contributed by atoms with Gasteiger partial charge >= 0.3 is 23.1 Å². The summed E-state index contributed by atoms with van der Waals surface area (Å²) >= 11 is 0. The van der Waals surface area contributed by atoms with Crippen molar-refractivity contribution in [2.24, 2.45) is 0 Å². The maximum absolute atomic E-state index is 6.46. The molecule has 44 valence electrons. The van der Waals surface area contributed by atoms with Gasteiger partial charge in [0.25, 0.3) is 0 Å². The summed E-state index contributed by atoms with van der Waals surface area (Å²) in [7, 11) is 0. The maximum Gasteiger partial charge on any atom is 2.00 e. The van der Waals surface area contributed by atoms with E-state index in [0.717, 1.165) is 12.8 Å². The van der Waals surface area contributed by atoms with Crippen LogP contribution in [0, 0.1) is 25.2 Å². The van der Waals surface area contributed by atoms with E-state index in [-0.39, 0.29) is 23.1 Å². The van der Waals surface area contributed by atoms with Gasteiger partial charge in [-0.3, -0.25) is 0 Å². The number of hydrogen-bond acceptors (Lipinski definition) is 0. The van der Waals surface area contributed by atoms with Gasteiger partial charge in [0.05, 0.1) is 0 Å². The molecule has 0 heterocycles. The van der Waals surface area contributed by atoms with Gasteiger partial charge in [-0.25, -0.2) is 0 Å². The largest absolute Gasteiger partial charge is 2.00 e. The third-order valence-electron chi connectivity index (χ3n) is 0.655. The van der Waals surface area contributed by atoms with Crippen LogP contribution in [0.5, 0.6) is 0 Å². The SMILES string of the molecule is [C-]#C.[C-]#CCCCC.[Mg+2]. The van der Waals surface area contributed by atoms with Crippen LogP contribution >= 0.6 is 0 Å². The molecular weight excluding hydrogens is 120 g/mol. The van der Waals surface area contributed by atoms with Gasteiger partial charge in [0.1, 0.15) is 0 Å². The van der Waals surface area contributed by atoms with Crippen LogP contribution in [0.2, 0.25) is 0 Å². The van der Waals surface area contributed by atoms with Crippen molar-refractivity contribution in [3.05, 3.63) is 12.8 Å². The second-order valence-corrected chi connectivity index (χ2v) is 1.28. The predicted molar refractivity (Wildman–Crippen MR) is 40.6 cm³/mol. The fourth-order valence-electron chi connectivity index (χ4n) is 0.265. The van der Waals surface area contributed by atoms with E-state index in [1.165, 1.54) is 6.42 Å². The molecule has 0 unspecified atom stereocenters. The summed E-state index contributed by atoms with van der Waals surface area (Å²) in [4.78, 5) is 0. The summed E-state index contributed by atoms with van der Waals surface area (Å²) in [6, 6.07) is 0. The maximum atomic E-state index is 6.46. The molecule has 0 aromatic carbocycles. The van der Waals surface area contributed by atoms with Crippen LogP contribution in [0.4, 0.5) is 0 Å². The van der Waals surface area contributed by atoms with E-state index >= 15 is 0 Å². The molecule has 0 aromatic rings. The van der Waals surface area contributed by atoms with Crippen molar-refractivity contribution in [2.75, 3.05) is 0 Å². The molecule has 0 aliphatic carbocycles. The molecule has 0 bridgehead atoms. The Bertz CT molecular complexity index is 76.3. The Morgan fingerprint density at radius 2 is 1.89 bits per heavy atom. The van der Waals surface area contributed by atoms with Gasteiger partial charge in [0, 0.05) is 0 Å².